The van der Waals surface area contributed by atoms with Gasteiger partial charge in [0.2, 0.25) is 5.90 Å². The summed E-state index contributed by atoms with van der Waals surface area (Å²) in [4.78, 5) is 22.4. The molecular weight excluding hydrogens is 578 g/mol. The third-order valence-electron chi connectivity index (χ3n) is 7.35. The van der Waals surface area contributed by atoms with Crippen LogP contribution >= 0.6 is 11.6 Å². The Morgan fingerprint density at radius 1 is 1.02 bits per heavy atom. The lowest BCUT2D eigenvalue weighted by Gasteiger charge is -2.31. The second-order valence-corrected chi connectivity index (χ2v) is 10.8. The fourth-order valence-corrected chi connectivity index (χ4v) is 5.26. The van der Waals surface area contributed by atoms with E-state index >= 15 is 0 Å². The number of nitrogens with zero attached hydrogens (tertiary/aromatic N) is 4. The zero-order valence-corrected chi connectivity index (χ0v) is 24.7. The van der Waals surface area contributed by atoms with E-state index in [1.54, 1.807) is 24.3 Å². The minimum atomic E-state index is -1.42. The molecule has 224 valence electrons. The molecule has 2 atom stereocenters. The maximum Gasteiger partial charge on any atom is 0.252 e. The summed E-state index contributed by atoms with van der Waals surface area (Å²) in [6, 6.07) is 31.5. The molecule has 0 aromatic heterocycles. The van der Waals surface area contributed by atoms with Crippen LogP contribution in [0.25, 0.3) is 10.4 Å². The molecule has 9 nitrogen and oxygen atoms in total. The van der Waals surface area contributed by atoms with Crippen LogP contribution in [0.5, 0.6) is 5.75 Å². The highest BCUT2D eigenvalue weighted by Gasteiger charge is 2.53. The summed E-state index contributed by atoms with van der Waals surface area (Å²) in [6.07, 6.45) is 0.484. The van der Waals surface area contributed by atoms with Crippen molar-refractivity contribution in [3.8, 4) is 5.75 Å². The van der Waals surface area contributed by atoms with Crippen molar-refractivity contribution in [2.45, 2.75) is 30.9 Å². The molecule has 1 heterocycles. The third-order valence-corrected chi connectivity index (χ3v) is 7.60. The molecule has 1 amide bonds. The van der Waals surface area contributed by atoms with Crippen molar-refractivity contribution in [1.82, 2.24) is 5.32 Å². The number of hydrogen-bond donors (Lipinski definition) is 2. The molecule has 10 heteroatoms. The van der Waals surface area contributed by atoms with Gasteiger partial charge in [0.05, 0.1) is 6.61 Å². The molecule has 2 N–H and O–H groups in total. The van der Waals surface area contributed by atoms with Crippen molar-refractivity contribution in [3.05, 3.63) is 141 Å². The van der Waals surface area contributed by atoms with Gasteiger partial charge in [-0.2, -0.15) is 0 Å². The standard InChI is InChI=1S/C34H32ClN5O4/c35-28-15-11-24(12-16-28)19-20-37-33(42)34(23-27-9-4-5-10-30(27)39-40-36)31(25-7-2-1-3-8-25)44-32(38-34)26-13-17-29(18-14-26)43-22-6-21-41/h1-5,7-18,31,41H,6,19-23H2,(H,37,42)/t31-,34-/m1/s1. The fourth-order valence-electron chi connectivity index (χ4n) is 5.13. The van der Waals surface area contributed by atoms with E-state index in [4.69, 9.17) is 31.2 Å². The Morgan fingerprint density at radius 2 is 1.75 bits per heavy atom. The molecule has 0 saturated carbocycles. The number of carbonyl (C=O) groups is 1. The number of benzene rings is 4. The summed E-state index contributed by atoms with van der Waals surface area (Å²) >= 11 is 6.04. The summed E-state index contributed by atoms with van der Waals surface area (Å²) in [5.74, 6) is 0.653. The van der Waals surface area contributed by atoms with Gasteiger partial charge in [0.15, 0.2) is 11.6 Å². The molecule has 1 aliphatic rings. The lowest BCUT2D eigenvalue weighted by atomic mass is 9.81. The molecule has 0 aliphatic carbocycles. The maximum atomic E-state index is 14.4. The summed E-state index contributed by atoms with van der Waals surface area (Å²) < 4.78 is 12.2. The number of aliphatic hydroxyl groups is 1. The van der Waals surface area contributed by atoms with Gasteiger partial charge in [-0.05, 0) is 65.0 Å². The molecule has 0 spiro atoms. The van der Waals surface area contributed by atoms with E-state index in [0.29, 0.717) is 59.5 Å². The topological polar surface area (TPSA) is 129 Å². The largest absolute Gasteiger partial charge is 0.494 e. The number of amides is 1. The summed E-state index contributed by atoms with van der Waals surface area (Å²) in [6.45, 7) is 0.815. The molecule has 0 unspecified atom stereocenters. The van der Waals surface area contributed by atoms with Crippen molar-refractivity contribution in [3.63, 3.8) is 0 Å². The number of halogens is 1. The van der Waals surface area contributed by atoms with Crippen LogP contribution in [0.4, 0.5) is 5.69 Å². The maximum absolute atomic E-state index is 14.4. The summed E-state index contributed by atoms with van der Waals surface area (Å²) in [5.41, 5.74) is 11.4. The number of rotatable bonds is 13. The van der Waals surface area contributed by atoms with E-state index in [1.807, 2.05) is 78.9 Å². The van der Waals surface area contributed by atoms with Crippen molar-refractivity contribution >= 4 is 29.1 Å². The first-order chi connectivity index (χ1) is 21.5. The third kappa shape index (κ3) is 7.21. The normalized spacial score (nSPS) is 17.2. The minimum absolute atomic E-state index is 0.0518. The average molecular weight is 610 g/mol. The predicted octanol–water partition coefficient (Wildman–Crippen LogP) is 6.90. The number of ether oxygens (including phenoxy) is 2. The van der Waals surface area contributed by atoms with Crippen molar-refractivity contribution in [2.24, 2.45) is 10.1 Å². The molecule has 0 radical (unpaired) electrons. The van der Waals surface area contributed by atoms with E-state index in [2.05, 4.69) is 15.3 Å². The number of aliphatic hydroxyl groups excluding tert-OH is 1. The first kappa shape index (κ1) is 30.6. The van der Waals surface area contributed by atoms with Gasteiger partial charge in [-0.25, -0.2) is 4.99 Å². The molecule has 4 aromatic carbocycles. The number of hydrogen-bond acceptors (Lipinski definition) is 6. The smallest absolute Gasteiger partial charge is 0.252 e. The average Bonchev–Trinajstić information content (AvgIpc) is 3.44. The highest BCUT2D eigenvalue weighted by atomic mass is 35.5. The summed E-state index contributed by atoms with van der Waals surface area (Å²) in [5, 5.41) is 16.7. The quantitative estimate of drug-likeness (QED) is 0.0739. The zero-order chi connectivity index (χ0) is 30.8. The molecule has 5 rings (SSSR count). The Labute approximate surface area is 260 Å². The SMILES string of the molecule is [N-]=[N+]=Nc1ccccc1C[C@@]1(C(=O)NCCc2ccc(Cl)cc2)N=C(c2ccc(OCCCO)cc2)O[C@@H]1c1ccccc1. The van der Waals surface area contributed by atoms with Crippen LogP contribution < -0.4 is 10.1 Å². The first-order valence-electron chi connectivity index (χ1n) is 14.3. The molecule has 0 saturated heterocycles. The van der Waals surface area contributed by atoms with E-state index in [-0.39, 0.29) is 18.9 Å². The van der Waals surface area contributed by atoms with Crippen LogP contribution in [0.3, 0.4) is 0 Å². The Kier molecular flexibility index (Phi) is 10.1. The van der Waals surface area contributed by atoms with Gasteiger partial charge in [0.25, 0.3) is 5.91 Å². The van der Waals surface area contributed by atoms with E-state index in [0.717, 1.165) is 11.1 Å². The van der Waals surface area contributed by atoms with Crippen LogP contribution in [0, 0.1) is 0 Å². The van der Waals surface area contributed by atoms with Gasteiger partial charge in [0, 0.05) is 47.2 Å². The monoisotopic (exact) mass is 609 g/mol. The lowest BCUT2D eigenvalue weighted by Crippen LogP contribution is -2.50. The molecule has 4 aromatic rings. The predicted molar refractivity (Wildman–Crippen MR) is 170 cm³/mol. The van der Waals surface area contributed by atoms with Crippen LogP contribution in [-0.2, 0) is 22.4 Å². The molecule has 0 bridgehead atoms. The van der Waals surface area contributed by atoms with Gasteiger partial charge in [-0.15, -0.1) is 0 Å². The van der Waals surface area contributed by atoms with Gasteiger partial charge in [0.1, 0.15) is 5.75 Å². The second kappa shape index (κ2) is 14.6. The number of aliphatic imine (C=N–C) groups is 1. The van der Waals surface area contributed by atoms with Gasteiger partial charge in [-0.3, -0.25) is 4.79 Å². The first-order valence-corrected chi connectivity index (χ1v) is 14.7. The number of carbonyl (C=O) groups excluding carboxylic acids is 1. The van der Waals surface area contributed by atoms with Gasteiger partial charge in [-0.1, -0.05) is 83.4 Å². The van der Waals surface area contributed by atoms with Crippen molar-refractivity contribution in [2.75, 3.05) is 19.8 Å². The van der Waals surface area contributed by atoms with Crippen LogP contribution in [0.2, 0.25) is 5.02 Å². The molecule has 44 heavy (non-hydrogen) atoms. The molecule has 1 aliphatic heterocycles. The van der Waals surface area contributed by atoms with Gasteiger partial charge < -0.3 is 19.9 Å². The number of azide groups is 1. The Bertz CT molecular complexity index is 1640. The van der Waals surface area contributed by atoms with E-state index in [9.17, 15) is 10.3 Å². The number of nitrogens with one attached hydrogen (secondary N) is 1. The lowest BCUT2D eigenvalue weighted by molar-refractivity contribution is -0.128. The second-order valence-electron chi connectivity index (χ2n) is 10.3. The van der Waals surface area contributed by atoms with E-state index in [1.165, 1.54) is 0 Å². The highest BCUT2D eigenvalue weighted by Crippen LogP contribution is 2.43. The molecular formula is C34H32ClN5O4. The van der Waals surface area contributed by atoms with Crippen LogP contribution in [0.1, 0.15) is 34.8 Å². The van der Waals surface area contributed by atoms with Crippen LogP contribution in [-0.4, -0.2) is 42.2 Å². The highest BCUT2D eigenvalue weighted by molar-refractivity contribution is 6.30. The summed E-state index contributed by atoms with van der Waals surface area (Å²) in [7, 11) is 0. The van der Waals surface area contributed by atoms with Crippen molar-refractivity contribution in [1.29, 1.82) is 0 Å². The minimum Gasteiger partial charge on any atom is -0.494 e. The van der Waals surface area contributed by atoms with Crippen LogP contribution in [0.15, 0.2) is 113 Å². The Balaban J connectivity index is 1.53. The molecule has 0 fully saturated rings. The zero-order valence-electron chi connectivity index (χ0n) is 24.0. The fraction of sp³-hybridized carbons (Fsp3) is 0.235. The van der Waals surface area contributed by atoms with Crippen molar-refractivity contribution < 1.29 is 19.4 Å². The van der Waals surface area contributed by atoms with E-state index < -0.39 is 11.6 Å². The Hall–Kier alpha value is -4.82. The Morgan fingerprint density at radius 3 is 2.48 bits per heavy atom. The van der Waals surface area contributed by atoms with Gasteiger partial charge >= 0.3 is 0 Å².